The Morgan fingerprint density at radius 3 is 2.81 bits per heavy atom. The molecule has 0 aromatic rings. The van der Waals surface area contributed by atoms with Gasteiger partial charge in [0, 0.05) is 25.9 Å². The van der Waals surface area contributed by atoms with Crippen molar-refractivity contribution in [3.05, 3.63) is 0 Å². The van der Waals surface area contributed by atoms with Crippen LogP contribution in [0.2, 0.25) is 0 Å². The lowest BCUT2D eigenvalue weighted by Crippen LogP contribution is -2.51. The quantitative estimate of drug-likeness (QED) is 0.716. The van der Waals surface area contributed by atoms with Crippen LogP contribution < -0.4 is 5.32 Å². The van der Waals surface area contributed by atoms with Gasteiger partial charge in [-0.1, -0.05) is 5.92 Å². The van der Waals surface area contributed by atoms with Crippen LogP contribution in [0.3, 0.4) is 0 Å². The van der Waals surface area contributed by atoms with Crippen molar-refractivity contribution in [2.45, 2.75) is 50.3 Å². The fourth-order valence-corrected chi connectivity index (χ4v) is 2.66. The smallest absolute Gasteiger partial charge is 0.0741 e. The number of hydrogen-bond donors (Lipinski definition) is 1. The van der Waals surface area contributed by atoms with E-state index < -0.39 is 0 Å². The van der Waals surface area contributed by atoms with Crippen molar-refractivity contribution in [1.82, 2.24) is 5.32 Å². The lowest BCUT2D eigenvalue weighted by molar-refractivity contribution is -0.140. The van der Waals surface area contributed by atoms with Crippen molar-refractivity contribution >= 4 is 0 Å². The third-order valence-electron chi connectivity index (χ3n) is 3.63. The molecule has 3 heteroatoms. The molecular formula is C13H21NO2. The minimum absolute atomic E-state index is 0.0580. The van der Waals surface area contributed by atoms with Gasteiger partial charge in [0.2, 0.25) is 0 Å². The minimum Gasteiger partial charge on any atom is -0.381 e. The summed E-state index contributed by atoms with van der Waals surface area (Å²) in [6.07, 6.45) is 9.58. The maximum Gasteiger partial charge on any atom is 0.0741 e. The molecule has 1 N–H and O–H groups in total. The van der Waals surface area contributed by atoms with Crippen molar-refractivity contribution in [1.29, 1.82) is 0 Å². The molecule has 2 heterocycles. The fraction of sp³-hybridized carbons (Fsp3) is 0.846. The van der Waals surface area contributed by atoms with Crippen LogP contribution >= 0.6 is 0 Å². The Balaban J connectivity index is 1.90. The highest BCUT2D eigenvalue weighted by Gasteiger charge is 2.39. The largest absolute Gasteiger partial charge is 0.381 e. The molecule has 90 valence electrons. The summed E-state index contributed by atoms with van der Waals surface area (Å²) in [6.45, 7) is 4.54. The second-order valence-electron chi connectivity index (χ2n) is 4.89. The SMILES string of the molecule is C#CC(C)NC1CCOC2(CCOCC2)C1. The Bertz CT molecular complexity index is 260. The molecule has 0 aromatic carbocycles. The molecule has 2 unspecified atom stereocenters. The summed E-state index contributed by atoms with van der Waals surface area (Å²) in [5.41, 5.74) is 0.0580. The molecule has 0 saturated carbocycles. The Morgan fingerprint density at radius 1 is 1.38 bits per heavy atom. The molecule has 2 aliphatic rings. The molecule has 2 aliphatic heterocycles. The summed E-state index contributed by atoms with van der Waals surface area (Å²) in [5.74, 6) is 2.73. The topological polar surface area (TPSA) is 30.5 Å². The standard InChI is InChI=1S/C13H21NO2/c1-3-11(2)14-12-4-7-16-13(10-12)5-8-15-9-6-13/h1,11-12,14H,4-10H2,2H3. The minimum atomic E-state index is 0.0580. The second kappa shape index (κ2) is 5.18. The molecule has 3 nitrogen and oxygen atoms in total. The molecular weight excluding hydrogens is 202 g/mol. The van der Waals surface area contributed by atoms with Gasteiger partial charge < -0.3 is 14.8 Å². The van der Waals surface area contributed by atoms with E-state index >= 15 is 0 Å². The summed E-state index contributed by atoms with van der Waals surface area (Å²) >= 11 is 0. The third kappa shape index (κ3) is 2.76. The monoisotopic (exact) mass is 223 g/mol. The van der Waals surface area contributed by atoms with Crippen LogP contribution in [0.4, 0.5) is 0 Å². The Hall–Kier alpha value is -0.560. The molecule has 0 amide bonds. The number of rotatable bonds is 2. The third-order valence-corrected chi connectivity index (χ3v) is 3.63. The number of ether oxygens (including phenoxy) is 2. The summed E-state index contributed by atoms with van der Waals surface area (Å²) in [4.78, 5) is 0. The lowest BCUT2D eigenvalue weighted by Gasteiger charge is -2.43. The Kier molecular flexibility index (Phi) is 3.86. The average molecular weight is 223 g/mol. The molecule has 2 rings (SSSR count). The van der Waals surface area contributed by atoms with Crippen LogP contribution in [0.25, 0.3) is 0 Å². The lowest BCUT2D eigenvalue weighted by atomic mass is 9.84. The first-order chi connectivity index (χ1) is 7.74. The van der Waals surface area contributed by atoms with Crippen LogP contribution in [0.1, 0.15) is 32.6 Å². The van der Waals surface area contributed by atoms with Gasteiger partial charge in [0.1, 0.15) is 0 Å². The van der Waals surface area contributed by atoms with Crippen LogP contribution in [0, 0.1) is 12.3 Å². The summed E-state index contributed by atoms with van der Waals surface area (Å²) in [7, 11) is 0. The van der Waals surface area contributed by atoms with E-state index in [1.165, 1.54) is 0 Å². The van der Waals surface area contributed by atoms with Gasteiger partial charge >= 0.3 is 0 Å². The maximum absolute atomic E-state index is 5.98. The molecule has 0 bridgehead atoms. The number of nitrogens with one attached hydrogen (secondary N) is 1. The first-order valence-corrected chi connectivity index (χ1v) is 6.18. The van der Waals surface area contributed by atoms with E-state index in [1.54, 1.807) is 0 Å². The van der Waals surface area contributed by atoms with Crippen molar-refractivity contribution in [2.75, 3.05) is 19.8 Å². The first kappa shape index (κ1) is 11.9. The van der Waals surface area contributed by atoms with Gasteiger partial charge in [-0.05, 0) is 32.6 Å². The van der Waals surface area contributed by atoms with Gasteiger partial charge in [-0.25, -0.2) is 0 Å². The van der Waals surface area contributed by atoms with Gasteiger partial charge in [0.15, 0.2) is 0 Å². The summed E-state index contributed by atoms with van der Waals surface area (Å²) in [6, 6.07) is 0.651. The van der Waals surface area contributed by atoms with Crippen LogP contribution in [0.5, 0.6) is 0 Å². The molecule has 2 saturated heterocycles. The molecule has 1 spiro atoms. The number of hydrogen-bond acceptors (Lipinski definition) is 3. The van der Waals surface area contributed by atoms with E-state index in [1.807, 2.05) is 6.92 Å². The van der Waals surface area contributed by atoms with E-state index in [-0.39, 0.29) is 11.6 Å². The highest BCUT2D eigenvalue weighted by atomic mass is 16.5. The molecule has 16 heavy (non-hydrogen) atoms. The van der Waals surface area contributed by atoms with Gasteiger partial charge in [0.25, 0.3) is 0 Å². The van der Waals surface area contributed by atoms with Crippen LogP contribution in [-0.2, 0) is 9.47 Å². The van der Waals surface area contributed by atoms with Gasteiger partial charge in [-0.3, -0.25) is 0 Å². The number of terminal acetylenes is 1. The first-order valence-electron chi connectivity index (χ1n) is 6.18. The van der Waals surface area contributed by atoms with Gasteiger partial charge in [0.05, 0.1) is 11.6 Å². The van der Waals surface area contributed by atoms with E-state index in [0.717, 1.165) is 45.5 Å². The average Bonchev–Trinajstić information content (AvgIpc) is 2.30. The van der Waals surface area contributed by atoms with Gasteiger partial charge in [-0.15, -0.1) is 6.42 Å². The van der Waals surface area contributed by atoms with E-state index in [9.17, 15) is 0 Å². The van der Waals surface area contributed by atoms with Crippen molar-refractivity contribution < 1.29 is 9.47 Å². The normalized spacial score (nSPS) is 30.9. The maximum atomic E-state index is 5.98. The van der Waals surface area contributed by atoms with Crippen LogP contribution in [0.15, 0.2) is 0 Å². The zero-order chi connectivity index (χ0) is 11.4. The predicted molar refractivity (Wildman–Crippen MR) is 63.2 cm³/mol. The zero-order valence-electron chi connectivity index (χ0n) is 10.00. The zero-order valence-corrected chi connectivity index (χ0v) is 10.00. The Labute approximate surface area is 97.9 Å². The highest BCUT2D eigenvalue weighted by molar-refractivity contribution is 4.99. The van der Waals surface area contributed by atoms with Crippen LogP contribution in [-0.4, -0.2) is 37.5 Å². The molecule has 2 atom stereocenters. The molecule has 0 radical (unpaired) electrons. The summed E-state index contributed by atoms with van der Waals surface area (Å²) in [5, 5.41) is 3.48. The van der Waals surface area contributed by atoms with Crippen molar-refractivity contribution in [3.8, 4) is 12.3 Å². The van der Waals surface area contributed by atoms with E-state index in [2.05, 4.69) is 11.2 Å². The molecule has 2 fully saturated rings. The predicted octanol–water partition coefficient (Wildman–Crippen LogP) is 1.33. The van der Waals surface area contributed by atoms with E-state index in [4.69, 9.17) is 15.9 Å². The van der Waals surface area contributed by atoms with Crippen molar-refractivity contribution in [3.63, 3.8) is 0 Å². The Morgan fingerprint density at radius 2 is 2.12 bits per heavy atom. The highest BCUT2D eigenvalue weighted by Crippen LogP contribution is 2.34. The molecule has 0 aromatic heterocycles. The second-order valence-corrected chi connectivity index (χ2v) is 4.89. The van der Waals surface area contributed by atoms with E-state index in [0.29, 0.717) is 6.04 Å². The fourth-order valence-electron chi connectivity index (χ4n) is 2.66. The van der Waals surface area contributed by atoms with Crippen molar-refractivity contribution in [2.24, 2.45) is 0 Å². The van der Waals surface area contributed by atoms with Gasteiger partial charge in [-0.2, -0.15) is 0 Å². The molecule has 0 aliphatic carbocycles. The summed E-state index contributed by atoms with van der Waals surface area (Å²) < 4.78 is 11.4.